The van der Waals surface area contributed by atoms with Crippen LogP contribution in [0.15, 0.2) is 15.9 Å². The predicted molar refractivity (Wildman–Crippen MR) is 48.6 cm³/mol. The third kappa shape index (κ3) is 1.35. The zero-order valence-corrected chi connectivity index (χ0v) is 7.67. The molecule has 0 aliphatic rings. The average Bonchev–Trinajstić information content (AvgIpc) is 2.71. The van der Waals surface area contributed by atoms with Gasteiger partial charge in [-0.05, 0) is 11.4 Å². The van der Waals surface area contributed by atoms with Crippen LogP contribution in [0.1, 0.15) is 0 Å². The van der Waals surface area contributed by atoms with Crippen molar-refractivity contribution in [2.45, 2.75) is 0 Å². The molecule has 2 aromatic heterocycles. The molecule has 0 saturated heterocycles. The monoisotopic (exact) mass is 197 g/mol. The maximum absolute atomic E-state index is 5.30. The van der Waals surface area contributed by atoms with E-state index in [2.05, 4.69) is 10.2 Å². The topological polar surface area (TPSA) is 74.2 Å². The first kappa shape index (κ1) is 8.06. The van der Waals surface area contributed by atoms with Crippen LogP contribution >= 0.6 is 11.3 Å². The summed E-state index contributed by atoms with van der Waals surface area (Å²) in [5, 5.41) is 9.20. The minimum Gasteiger partial charge on any atom is -0.495 e. The van der Waals surface area contributed by atoms with Gasteiger partial charge in [0.15, 0.2) is 0 Å². The summed E-state index contributed by atoms with van der Waals surface area (Å²) < 4.78 is 10.1. The SMILES string of the molecule is COc1ccsc1-c1nnc(N)o1. The van der Waals surface area contributed by atoms with E-state index in [9.17, 15) is 0 Å². The Kier molecular flexibility index (Phi) is 1.90. The Balaban J connectivity index is 2.45. The fourth-order valence-electron chi connectivity index (χ4n) is 0.940. The molecule has 13 heavy (non-hydrogen) atoms. The molecule has 0 saturated carbocycles. The van der Waals surface area contributed by atoms with E-state index in [1.807, 2.05) is 11.4 Å². The molecule has 2 N–H and O–H groups in total. The predicted octanol–water partition coefficient (Wildman–Crippen LogP) is 1.39. The smallest absolute Gasteiger partial charge is 0.313 e. The number of nitrogen functional groups attached to an aromatic ring is 1. The van der Waals surface area contributed by atoms with Crippen molar-refractivity contribution in [2.75, 3.05) is 12.8 Å². The maximum atomic E-state index is 5.30. The molecule has 68 valence electrons. The lowest BCUT2D eigenvalue weighted by atomic mass is 10.4. The summed E-state index contributed by atoms with van der Waals surface area (Å²) in [7, 11) is 1.59. The lowest BCUT2D eigenvalue weighted by Gasteiger charge is -1.95. The summed E-state index contributed by atoms with van der Waals surface area (Å²) in [5.41, 5.74) is 5.30. The van der Waals surface area contributed by atoms with Gasteiger partial charge in [-0.3, -0.25) is 0 Å². The van der Waals surface area contributed by atoms with Crippen LogP contribution in [-0.2, 0) is 0 Å². The summed E-state index contributed by atoms with van der Waals surface area (Å²) in [6, 6.07) is 1.89. The van der Waals surface area contributed by atoms with Crippen LogP contribution in [0, 0.1) is 0 Å². The van der Waals surface area contributed by atoms with Gasteiger partial charge in [0.05, 0.1) is 7.11 Å². The Morgan fingerprint density at radius 3 is 3.00 bits per heavy atom. The average molecular weight is 197 g/mol. The molecule has 0 aromatic carbocycles. The number of nitrogens with zero attached hydrogens (tertiary/aromatic N) is 2. The lowest BCUT2D eigenvalue weighted by Crippen LogP contribution is -1.82. The molecule has 0 aliphatic heterocycles. The van der Waals surface area contributed by atoms with Crippen molar-refractivity contribution < 1.29 is 9.15 Å². The Morgan fingerprint density at radius 2 is 2.38 bits per heavy atom. The van der Waals surface area contributed by atoms with Crippen LogP contribution in [0.3, 0.4) is 0 Å². The van der Waals surface area contributed by atoms with Crippen molar-refractivity contribution in [1.29, 1.82) is 0 Å². The van der Waals surface area contributed by atoms with Crippen molar-refractivity contribution in [3.8, 4) is 16.5 Å². The Bertz CT molecular complexity index is 409. The molecule has 0 unspecified atom stereocenters. The molecule has 0 atom stereocenters. The first-order chi connectivity index (χ1) is 6.31. The van der Waals surface area contributed by atoms with Crippen molar-refractivity contribution >= 4 is 17.4 Å². The van der Waals surface area contributed by atoms with Crippen molar-refractivity contribution in [3.05, 3.63) is 11.4 Å². The second-order valence-electron chi connectivity index (χ2n) is 2.26. The van der Waals surface area contributed by atoms with Gasteiger partial charge in [0, 0.05) is 0 Å². The van der Waals surface area contributed by atoms with E-state index in [1.165, 1.54) is 11.3 Å². The van der Waals surface area contributed by atoms with E-state index in [1.54, 1.807) is 7.11 Å². The number of anilines is 1. The highest BCUT2D eigenvalue weighted by Crippen LogP contribution is 2.34. The number of nitrogens with two attached hydrogens (primary N) is 1. The fraction of sp³-hybridized carbons (Fsp3) is 0.143. The number of aromatic nitrogens is 2. The number of hydrogen-bond acceptors (Lipinski definition) is 6. The van der Waals surface area contributed by atoms with E-state index in [4.69, 9.17) is 14.9 Å². The fourth-order valence-corrected chi connectivity index (χ4v) is 1.72. The maximum Gasteiger partial charge on any atom is 0.313 e. The zero-order chi connectivity index (χ0) is 9.26. The van der Waals surface area contributed by atoms with Crippen LogP contribution in [0.5, 0.6) is 5.75 Å². The second kappa shape index (κ2) is 3.06. The third-order valence-electron chi connectivity index (χ3n) is 1.48. The number of hydrogen-bond donors (Lipinski definition) is 1. The van der Waals surface area contributed by atoms with Crippen LogP contribution in [0.2, 0.25) is 0 Å². The summed E-state index contributed by atoms with van der Waals surface area (Å²) in [6.07, 6.45) is 0. The van der Waals surface area contributed by atoms with E-state index in [0.717, 1.165) is 4.88 Å². The molecular formula is C7H7N3O2S. The van der Waals surface area contributed by atoms with Crippen LogP contribution in [0.4, 0.5) is 6.01 Å². The molecule has 2 aromatic rings. The standard InChI is InChI=1S/C7H7N3O2S/c1-11-4-2-3-13-5(4)6-9-10-7(8)12-6/h2-3H,1H3,(H2,8,10). The normalized spacial score (nSPS) is 10.2. The van der Waals surface area contributed by atoms with Gasteiger partial charge < -0.3 is 14.9 Å². The van der Waals surface area contributed by atoms with E-state index in [0.29, 0.717) is 11.6 Å². The minimum absolute atomic E-state index is 0.0606. The van der Waals surface area contributed by atoms with E-state index >= 15 is 0 Å². The molecule has 2 rings (SSSR count). The van der Waals surface area contributed by atoms with Gasteiger partial charge in [0.25, 0.3) is 5.89 Å². The van der Waals surface area contributed by atoms with E-state index in [-0.39, 0.29) is 6.01 Å². The quantitative estimate of drug-likeness (QED) is 0.787. The van der Waals surface area contributed by atoms with Crippen molar-refractivity contribution in [3.63, 3.8) is 0 Å². The van der Waals surface area contributed by atoms with Crippen molar-refractivity contribution in [1.82, 2.24) is 10.2 Å². The Labute approximate surface area is 78.1 Å². The molecule has 0 radical (unpaired) electrons. The number of rotatable bonds is 2. The third-order valence-corrected chi connectivity index (χ3v) is 2.37. The van der Waals surface area contributed by atoms with Gasteiger partial charge in [-0.15, -0.1) is 16.4 Å². The molecule has 0 amide bonds. The summed E-state index contributed by atoms with van der Waals surface area (Å²) in [4.78, 5) is 0.798. The summed E-state index contributed by atoms with van der Waals surface area (Å²) in [5.74, 6) is 1.11. The van der Waals surface area contributed by atoms with Crippen LogP contribution < -0.4 is 10.5 Å². The molecule has 6 heteroatoms. The van der Waals surface area contributed by atoms with Gasteiger partial charge in [-0.2, -0.15) is 0 Å². The number of thiophene rings is 1. The van der Waals surface area contributed by atoms with Crippen molar-refractivity contribution in [2.24, 2.45) is 0 Å². The first-order valence-corrected chi connectivity index (χ1v) is 4.40. The highest BCUT2D eigenvalue weighted by molar-refractivity contribution is 7.13. The highest BCUT2D eigenvalue weighted by atomic mass is 32.1. The zero-order valence-electron chi connectivity index (χ0n) is 6.85. The Morgan fingerprint density at radius 1 is 1.54 bits per heavy atom. The minimum atomic E-state index is 0.0606. The van der Waals surface area contributed by atoms with Gasteiger partial charge in [0.2, 0.25) is 0 Å². The highest BCUT2D eigenvalue weighted by Gasteiger charge is 2.13. The number of ether oxygens (including phenoxy) is 1. The van der Waals surface area contributed by atoms with Gasteiger partial charge in [-0.1, -0.05) is 5.10 Å². The van der Waals surface area contributed by atoms with Gasteiger partial charge in [0.1, 0.15) is 10.6 Å². The molecule has 2 heterocycles. The van der Waals surface area contributed by atoms with E-state index < -0.39 is 0 Å². The molecule has 0 aliphatic carbocycles. The lowest BCUT2D eigenvalue weighted by molar-refractivity contribution is 0.416. The summed E-state index contributed by atoms with van der Waals surface area (Å²) >= 11 is 1.46. The molecular weight excluding hydrogens is 190 g/mol. The molecule has 5 nitrogen and oxygen atoms in total. The largest absolute Gasteiger partial charge is 0.495 e. The molecule has 0 spiro atoms. The van der Waals surface area contributed by atoms with Gasteiger partial charge >= 0.3 is 6.01 Å². The second-order valence-corrected chi connectivity index (χ2v) is 3.18. The molecule has 0 fully saturated rings. The Hall–Kier alpha value is -1.56. The molecule has 0 bridgehead atoms. The number of methoxy groups -OCH3 is 1. The van der Waals surface area contributed by atoms with Crippen LogP contribution in [-0.4, -0.2) is 17.3 Å². The van der Waals surface area contributed by atoms with Gasteiger partial charge in [-0.25, -0.2) is 0 Å². The summed E-state index contributed by atoms with van der Waals surface area (Å²) in [6.45, 7) is 0. The van der Waals surface area contributed by atoms with Crippen LogP contribution in [0.25, 0.3) is 10.8 Å². The first-order valence-electron chi connectivity index (χ1n) is 3.52.